The van der Waals surface area contributed by atoms with Crippen LogP contribution >= 0.6 is 0 Å². The van der Waals surface area contributed by atoms with E-state index >= 15 is 0 Å². The number of amides is 2. The molecule has 6 nitrogen and oxygen atoms in total. The molecule has 1 fully saturated rings. The van der Waals surface area contributed by atoms with Crippen LogP contribution in [0, 0.1) is 11.7 Å². The highest BCUT2D eigenvalue weighted by molar-refractivity contribution is 6.04. The number of hydrogen-bond acceptors (Lipinski definition) is 4. The molecule has 0 atom stereocenters. The number of nitrogens with one attached hydrogen (secondary N) is 1. The third-order valence-electron chi connectivity index (χ3n) is 5.32. The van der Waals surface area contributed by atoms with E-state index in [0.29, 0.717) is 18.8 Å². The second kappa shape index (κ2) is 9.92. The molecule has 0 radical (unpaired) electrons. The molecule has 166 valence electrons. The van der Waals surface area contributed by atoms with E-state index in [4.69, 9.17) is 0 Å². The van der Waals surface area contributed by atoms with Crippen LogP contribution in [0.25, 0.3) is 0 Å². The fourth-order valence-electron chi connectivity index (χ4n) is 3.44. The highest BCUT2D eigenvalue weighted by Crippen LogP contribution is 2.32. The van der Waals surface area contributed by atoms with E-state index in [2.05, 4.69) is 10.2 Å². The van der Waals surface area contributed by atoms with Crippen LogP contribution in [0.15, 0.2) is 42.5 Å². The van der Waals surface area contributed by atoms with Crippen LogP contribution in [-0.4, -0.2) is 62.9 Å². The molecule has 0 aromatic heterocycles. The van der Waals surface area contributed by atoms with Crippen LogP contribution in [-0.2, 0) is 11.3 Å². The predicted octanol–water partition coefficient (Wildman–Crippen LogP) is 3.44. The molecule has 1 aliphatic carbocycles. The first kappa shape index (κ1) is 22.7. The molecule has 0 saturated heterocycles. The Kier molecular flexibility index (Phi) is 7.28. The van der Waals surface area contributed by atoms with Crippen molar-refractivity contribution in [1.82, 2.24) is 9.80 Å². The molecule has 31 heavy (non-hydrogen) atoms. The minimum atomic E-state index is -0.452. The minimum Gasteiger partial charge on any atom is -0.377 e. The quantitative estimate of drug-likeness (QED) is 0.667. The van der Waals surface area contributed by atoms with Crippen molar-refractivity contribution in [2.24, 2.45) is 5.92 Å². The zero-order valence-electron chi connectivity index (χ0n) is 18.7. The third-order valence-corrected chi connectivity index (χ3v) is 5.32. The molecular weight excluding hydrogens is 395 g/mol. The summed E-state index contributed by atoms with van der Waals surface area (Å²) in [5.41, 5.74) is 2.81. The van der Waals surface area contributed by atoms with E-state index in [-0.39, 0.29) is 23.3 Å². The topological polar surface area (TPSA) is 55.9 Å². The van der Waals surface area contributed by atoms with Gasteiger partial charge in [-0.05, 0) is 68.9 Å². The Bertz CT molecular complexity index is 941. The van der Waals surface area contributed by atoms with Crippen molar-refractivity contribution in [3.8, 4) is 0 Å². The molecule has 7 heteroatoms. The SMILES string of the molecule is CN(C)CCN(Cc1cc(NC(=O)c2cccc(F)c2)ccc1N(C)C)C(=O)C1CC1. The summed E-state index contributed by atoms with van der Waals surface area (Å²) >= 11 is 0. The average Bonchev–Trinajstić information content (AvgIpc) is 3.55. The smallest absolute Gasteiger partial charge is 0.255 e. The van der Waals surface area contributed by atoms with Crippen molar-refractivity contribution < 1.29 is 14.0 Å². The molecule has 2 aromatic rings. The van der Waals surface area contributed by atoms with Gasteiger partial charge in [0.25, 0.3) is 5.91 Å². The van der Waals surface area contributed by atoms with E-state index < -0.39 is 5.82 Å². The minimum absolute atomic E-state index is 0.140. The number of hydrogen-bond donors (Lipinski definition) is 1. The van der Waals surface area contributed by atoms with Gasteiger partial charge in [0.2, 0.25) is 5.91 Å². The van der Waals surface area contributed by atoms with Crippen molar-refractivity contribution >= 4 is 23.2 Å². The largest absolute Gasteiger partial charge is 0.377 e. The Morgan fingerprint density at radius 1 is 1.03 bits per heavy atom. The number of carbonyl (C=O) groups excluding carboxylic acids is 2. The molecule has 0 bridgehead atoms. The zero-order chi connectivity index (χ0) is 22.5. The molecule has 0 spiro atoms. The van der Waals surface area contributed by atoms with Crippen molar-refractivity contribution in [2.75, 3.05) is 51.5 Å². The molecule has 1 aliphatic rings. The molecule has 0 aliphatic heterocycles. The summed E-state index contributed by atoms with van der Waals surface area (Å²) in [6.07, 6.45) is 1.92. The lowest BCUT2D eigenvalue weighted by Crippen LogP contribution is -2.37. The van der Waals surface area contributed by atoms with E-state index in [1.807, 2.05) is 56.2 Å². The summed E-state index contributed by atoms with van der Waals surface area (Å²) in [7, 11) is 7.90. The number of rotatable bonds is 9. The first-order chi connectivity index (χ1) is 14.7. The number of halogens is 1. The van der Waals surface area contributed by atoms with Crippen molar-refractivity contribution in [3.63, 3.8) is 0 Å². The summed E-state index contributed by atoms with van der Waals surface area (Å²) in [4.78, 5) is 31.4. The normalized spacial score (nSPS) is 13.2. The maximum atomic E-state index is 13.5. The van der Waals surface area contributed by atoms with Crippen LogP contribution < -0.4 is 10.2 Å². The Labute approximate surface area is 183 Å². The maximum Gasteiger partial charge on any atom is 0.255 e. The summed E-state index contributed by atoms with van der Waals surface area (Å²) in [5, 5.41) is 2.84. The number of likely N-dealkylation sites (N-methyl/N-ethyl adjacent to an activating group) is 1. The fraction of sp³-hybridized carbons (Fsp3) is 0.417. The third kappa shape index (κ3) is 6.28. The zero-order valence-corrected chi connectivity index (χ0v) is 18.7. The van der Waals surface area contributed by atoms with Gasteiger partial charge >= 0.3 is 0 Å². The second-order valence-corrected chi connectivity index (χ2v) is 8.54. The number of anilines is 2. The van der Waals surface area contributed by atoms with Crippen LogP contribution in [0.1, 0.15) is 28.8 Å². The summed E-state index contributed by atoms with van der Waals surface area (Å²) in [5.74, 6) is -0.491. The Balaban J connectivity index is 1.82. The van der Waals surface area contributed by atoms with E-state index in [1.165, 1.54) is 18.2 Å². The highest BCUT2D eigenvalue weighted by Gasteiger charge is 2.33. The summed E-state index contributed by atoms with van der Waals surface area (Å²) in [6, 6.07) is 11.3. The fourth-order valence-corrected chi connectivity index (χ4v) is 3.44. The van der Waals surface area contributed by atoms with Crippen LogP contribution in [0.4, 0.5) is 15.8 Å². The lowest BCUT2D eigenvalue weighted by Gasteiger charge is -2.27. The van der Waals surface area contributed by atoms with Gasteiger partial charge in [-0.2, -0.15) is 0 Å². The Morgan fingerprint density at radius 3 is 2.39 bits per heavy atom. The van der Waals surface area contributed by atoms with E-state index in [1.54, 1.807) is 6.07 Å². The summed E-state index contributed by atoms with van der Waals surface area (Å²) < 4.78 is 13.5. The van der Waals surface area contributed by atoms with Crippen LogP contribution in [0.3, 0.4) is 0 Å². The van der Waals surface area contributed by atoms with Gasteiger partial charge in [0.15, 0.2) is 0 Å². The Hall–Kier alpha value is -2.93. The second-order valence-electron chi connectivity index (χ2n) is 8.54. The van der Waals surface area contributed by atoms with Gasteiger partial charge in [-0.15, -0.1) is 0 Å². The molecule has 1 N–H and O–H groups in total. The first-order valence-electron chi connectivity index (χ1n) is 10.6. The number of nitrogens with zero attached hydrogens (tertiary/aromatic N) is 3. The lowest BCUT2D eigenvalue weighted by molar-refractivity contribution is -0.133. The molecule has 3 rings (SSSR count). The molecule has 0 unspecified atom stereocenters. The number of carbonyl (C=O) groups is 2. The van der Waals surface area contributed by atoms with Gasteiger partial charge < -0.3 is 20.0 Å². The van der Waals surface area contributed by atoms with Crippen molar-refractivity contribution in [1.29, 1.82) is 0 Å². The van der Waals surface area contributed by atoms with Crippen LogP contribution in [0.2, 0.25) is 0 Å². The average molecular weight is 427 g/mol. The van der Waals surface area contributed by atoms with Gasteiger partial charge in [-0.1, -0.05) is 6.07 Å². The molecular formula is C24H31FN4O2. The van der Waals surface area contributed by atoms with E-state index in [9.17, 15) is 14.0 Å². The maximum absolute atomic E-state index is 13.5. The van der Waals surface area contributed by atoms with Crippen molar-refractivity contribution in [2.45, 2.75) is 19.4 Å². The first-order valence-corrected chi connectivity index (χ1v) is 10.6. The van der Waals surface area contributed by atoms with Crippen LogP contribution in [0.5, 0.6) is 0 Å². The lowest BCUT2D eigenvalue weighted by atomic mass is 10.1. The van der Waals surface area contributed by atoms with Crippen molar-refractivity contribution in [3.05, 3.63) is 59.4 Å². The molecule has 1 saturated carbocycles. The van der Waals surface area contributed by atoms with Gasteiger partial charge in [0.1, 0.15) is 5.82 Å². The molecule has 0 heterocycles. The molecule has 2 amide bonds. The van der Waals surface area contributed by atoms with Gasteiger partial charge in [-0.3, -0.25) is 9.59 Å². The number of benzene rings is 2. The summed E-state index contributed by atoms with van der Waals surface area (Å²) in [6.45, 7) is 1.90. The Morgan fingerprint density at radius 2 is 1.77 bits per heavy atom. The standard InChI is InChI=1S/C24H31FN4O2/c1-27(2)12-13-29(24(31)17-8-9-17)16-19-15-21(10-11-22(19)28(3)4)26-23(30)18-6-5-7-20(25)14-18/h5-7,10-11,14-15,17H,8-9,12-13,16H2,1-4H3,(H,26,30). The van der Waals surface area contributed by atoms with Gasteiger partial charge in [-0.25, -0.2) is 4.39 Å². The van der Waals surface area contributed by atoms with Gasteiger partial charge in [0.05, 0.1) is 0 Å². The van der Waals surface area contributed by atoms with E-state index in [0.717, 1.165) is 30.6 Å². The molecule has 2 aromatic carbocycles. The monoisotopic (exact) mass is 426 g/mol. The van der Waals surface area contributed by atoms with Gasteiger partial charge in [0, 0.05) is 56.6 Å². The predicted molar refractivity (Wildman–Crippen MR) is 122 cm³/mol. The highest BCUT2D eigenvalue weighted by atomic mass is 19.1.